The summed E-state index contributed by atoms with van der Waals surface area (Å²) >= 11 is 0. The van der Waals surface area contributed by atoms with Crippen LogP contribution in [0.5, 0.6) is 11.5 Å². The molecule has 0 N–H and O–H groups in total. The molecule has 0 fully saturated rings. The van der Waals surface area contributed by atoms with Crippen molar-refractivity contribution in [2.75, 3.05) is 13.2 Å². The Balaban J connectivity index is 1.88. The molecule has 2 heteroatoms. The number of hydrogen-bond acceptors (Lipinski definition) is 2. The van der Waals surface area contributed by atoms with E-state index in [-0.39, 0.29) is 0 Å². The Morgan fingerprint density at radius 3 is 0.879 bits per heavy atom. The van der Waals surface area contributed by atoms with E-state index in [9.17, 15) is 0 Å². The number of unbranched alkanes of at least 4 members (excludes halogenated alkanes) is 19. The summed E-state index contributed by atoms with van der Waals surface area (Å²) in [5, 5.41) is 0. The van der Waals surface area contributed by atoms with E-state index in [1.54, 1.807) is 0 Å². The third kappa shape index (κ3) is 20.0. The van der Waals surface area contributed by atoms with Crippen LogP contribution in [0.1, 0.15) is 149 Å². The van der Waals surface area contributed by atoms with Gasteiger partial charge in [-0.2, -0.15) is 0 Å². The van der Waals surface area contributed by atoms with E-state index in [1.165, 1.54) is 122 Å². The van der Waals surface area contributed by atoms with Gasteiger partial charge < -0.3 is 9.47 Å². The molecule has 1 aromatic carbocycles. The molecule has 1 rings (SSSR count). The fourth-order valence-corrected chi connectivity index (χ4v) is 4.37. The van der Waals surface area contributed by atoms with Gasteiger partial charge in [0.2, 0.25) is 0 Å². The van der Waals surface area contributed by atoms with Crippen molar-refractivity contribution in [3.63, 3.8) is 0 Å². The summed E-state index contributed by atoms with van der Waals surface area (Å²) in [5.41, 5.74) is 0. The molecule has 0 aliphatic carbocycles. The lowest BCUT2D eigenvalue weighted by Crippen LogP contribution is -1.99. The molecule has 0 bridgehead atoms. The highest BCUT2D eigenvalue weighted by Crippen LogP contribution is 2.19. The van der Waals surface area contributed by atoms with E-state index in [1.807, 2.05) is 24.3 Å². The van der Waals surface area contributed by atoms with Crippen LogP contribution in [0.3, 0.4) is 0 Å². The zero-order valence-corrected chi connectivity index (χ0v) is 22.4. The Kier molecular flexibility index (Phi) is 21.7. The standard InChI is InChI=1S/C31H56O2/c1-3-5-7-9-11-13-14-15-17-19-21-23-29-33-31-26-24-30(25-27-31)32-28-22-20-18-16-12-10-8-6-4-2/h24-27H,3-23,28-29H2,1-2H3. The van der Waals surface area contributed by atoms with Crippen molar-refractivity contribution in [1.82, 2.24) is 0 Å². The van der Waals surface area contributed by atoms with Crippen LogP contribution in [0.15, 0.2) is 24.3 Å². The van der Waals surface area contributed by atoms with Gasteiger partial charge in [0.05, 0.1) is 13.2 Å². The smallest absolute Gasteiger partial charge is 0.119 e. The topological polar surface area (TPSA) is 18.5 Å². The van der Waals surface area contributed by atoms with E-state index >= 15 is 0 Å². The van der Waals surface area contributed by atoms with Gasteiger partial charge in [-0.25, -0.2) is 0 Å². The normalized spacial score (nSPS) is 11.1. The van der Waals surface area contributed by atoms with Crippen molar-refractivity contribution >= 4 is 0 Å². The average molecular weight is 461 g/mol. The van der Waals surface area contributed by atoms with Gasteiger partial charge in [-0.3, -0.25) is 0 Å². The monoisotopic (exact) mass is 460 g/mol. The van der Waals surface area contributed by atoms with Crippen molar-refractivity contribution in [2.45, 2.75) is 149 Å². The van der Waals surface area contributed by atoms with Crippen molar-refractivity contribution in [2.24, 2.45) is 0 Å². The lowest BCUT2D eigenvalue weighted by atomic mass is 10.1. The van der Waals surface area contributed by atoms with Gasteiger partial charge in [-0.05, 0) is 37.1 Å². The highest BCUT2D eigenvalue weighted by molar-refractivity contribution is 5.31. The molecule has 0 aliphatic heterocycles. The van der Waals surface area contributed by atoms with Crippen LogP contribution in [0.4, 0.5) is 0 Å². The minimum absolute atomic E-state index is 0.828. The Bertz CT molecular complexity index is 496. The summed E-state index contributed by atoms with van der Waals surface area (Å²) in [6, 6.07) is 8.19. The zero-order chi connectivity index (χ0) is 23.7. The number of rotatable bonds is 25. The zero-order valence-electron chi connectivity index (χ0n) is 22.4. The molecule has 33 heavy (non-hydrogen) atoms. The van der Waals surface area contributed by atoms with E-state index in [0.717, 1.165) is 37.6 Å². The van der Waals surface area contributed by atoms with Crippen LogP contribution in [0.25, 0.3) is 0 Å². The number of ether oxygens (including phenoxy) is 2. The van der Waals surface area contributed by atoms with Gasteiger partial charge in [-0.1, -0.05) is 136 Å². The molecule has 0 heterocycles. The molecular formula is C31H56O2. The summed E-state index contributed by atoms with van der Waals surface area (Å²) in [7, 11) is 0. The molecule has 0 aromatic heterocycles. The lowest BCUT2D eigenvalue weighted by Gasteiger charge is -2.09. The van der Waals surface area contributed by atoms with Crippen molar-refractivity contribution in [3.05, 3.63) is 24.3 Å². The van der Waals surface area contributed by atoms with E-state index < -0.39 is 0 Å². The molecular weight excluding hydrogens is 404 g/mol. The molecule has 0 saturated heterocycles. The first-order valence-electron chi connectivity index (χ1n) is 14.7. The van der Waals surface area contributed by atoms with Crippen LogP contribution in [0.2, 0.25) is 0 Å². The molecule has 0 aliphatic rings. The van der Waals surface area contributed by atoms with Crippen molar-refractivity contribution in [3.8, 4) is 11.5 Å². The van der Waals surface area contributed by atoms with Gasteiger partial charge in [0.25, 0.3) is 0 Å². The van der Waals surface area contributed by atoms with Gasteiger partial charge in [-0.15, -0.1) is 0 Å². The van der Waals surface area contributed by atoms with Gasteiger partial charge in [0.15, 0.2) is 0 Å². The fraction of sp³-hybridized carbons (Fsp3) is 0.806. The van der Waals surface area contributed by atoms with Gasteiger partial charge in [0.1, 0.15) is 11.5 Å². The van der Waals surface area contributed by atoms with Crippen LogP contribution in [-0.2, 0) is 0 Å². The second-order valence-electron chi connectivity index (χ2n) is 9.89. The third-order valence-corrected chi connectivity index (χ3v) is 6.61. The molecule has 0 amide bonds. The minimum Gasteiger partial charge on any atom is -0.494 e. The summed E-state index contributed by atoms with van der Waals surface area (Å²) in [6.07, 6.45) is 28.7. The maximum absolute atomic E-state index is 5.90. The maximum atomic E-state index is 5.90. The SMILES string of the molecule is CCCCCCCCCCCCCCOc1ccc(OCCCCCCCCCCC)cc1. The molecule has 0 spiro atoms. The summed E-state index contributed by atoms with van der Waals surface area (Å²) < 4.78 is 11.8. The number of hydrogen-bond donors (Lipinski definition) is 0. The van der Waals surface area contributed by atoms with Gasteiger partial charge in [0, 0.05) is 0 Å². The summed E-state index contributed by atoms with van der Waals surface area (Å²) in [5.74, 6) is 1.93. The van der Waals surface area contributed by atoms with Crippen molar-refractivity contribution < 1.29 is 9.47 Å². The molecule has 2 nitrogen and oxygen atoms in total. The Morgan fingerprint density at radius 1 is 0.364 bits per heavy atom. The second kappa shape index (κ2) is 24.0. The minimum atomic E-state index is 0.828. The molecule has 192 valence electrons. The van der Waals surface area contributed by atoms with Crippen molar-refractivity contribution in [1.29, 1.82) is 0 Å². The largest absolute Gasteiger partial charge is 0.494 e. The molecule has 0 unspecified atom stereocenters. The van der Waals surface area contributed by atoms with E-state index in [0.29, 0.717) is 0 Å². The second-order valence-corrected chi connectivity index (χ2v) is 9.89. The fourth-order valence-electron chi connectivity index (χ4n) is 4.37. The van der Waals surface area contributed by atoms with Crippen LogP contribution < -0.4 is 9.47 Å². The highest BCUT2D eigenvalue weighted by Gasteiger charge is 1.99. The molecule has 1 aromatic rings. The van der Waals surface area contributed by atoms with Crippen LogP contribution in [-0.4, -0.2) is 13.2 Å². The lowest BCUT2D eigenvalue weighted by molar-refractivity contribution is 0.296. The molecule has 0 radical (unpaired) electrons. The summed E-state index contributed by atoms with van der Waals surface area (Å²) in [4.78, 5) is 0. The Morgan fingerprint density at radius 2 is 0.606 bits per heavy atom. The molecule has 0 saturated carbocycles. The Hall–Kier alpha value is -1.18. The summed E-state index contributed by atoms with van der Waals surface area (Å²) in [6.45, 7) is 6.22. The van der Waals surface area contributed by atoms with Crippen LogP contribution >= 0.6 is 0 Å². The predicted molar refractivity (Wildman–Crippen MR) is 146 cm³/mol. The quantitative estimate of drug-likeness (QED) is 0.135. The van der Waals surface area contributed by atoms with Crippen LogP contribution in [0, 0.1) is 0 Å². The van der Waals surface area contributed by atoms with E-state index in [4.69, 9.17) is 9.47 Å². The first kappa shape index (κ1) is 29.9. The highest BCUT2D eigenvalue weighted by atomic mass is 16.5. The molecule has 0 atom stereocenters. The first-order valence-corrected chi connectivity index (χ1v) is 14.7. The third-order valence-electron chi connectivity index (χ3n) is 6.61. The average Bonchev–Trinajstić information content (AvgIpc) is 2.84. The van der Waals surface area contributed by atoms with E-state index in [2.05, 4.69) is 13.8 Å². The maximum Gasteiger partial charge on any atom is 0.119 e. The Labute approximate surface area is 207 Å². The van der Waals surface area contributed by atoms with Gasteiger partial charge >= 0.3 is 0 Å². The predicted octanol–water partition coefficient (Wildman–Crippen LogP) is 10.7. The first-order chi connectivity index (χ1) is 16.4. The number of benzene rings is 1.